The number of aromatic nitrogens is 3. The molecular formula is C14H22N4. The van der Waals surface area contributed by atoms with Crippen LogP contribution in [0.4, 0.5) is 0 Å². The third kappa shape index (κ3) is 1.41. The molecule has 4 saturated carbocycles. The summed E-state index contributed by atoms with van der Waals surface area (Å²) < 4.78 is 2.22. The van der Waals surface area contributed by atoms with E-state index in [-0.39, 0.29) is 0 Å². The molecule has 0 amide bonds. The molecule has 0 radical (unpaired) electrons. The van der Waals surface area contributed by atoms with Crippen LogP contribution in [-0.2, 0) is 6.54 Å². The summed E-state index contributed by atoms with van der Waals surface area (Å²) in [6, 6.07) is 0.616. The van der Waals surface area contributed by atoms with Crippen molar-refractivity contribution in [3.05, 3.63) is 11.4 Å². The average Bonchev–Trinajstić information content (AvgIpc) is 2.70. The van der Waals surface area contributed by atoms with Gasteiger partial charge in [0.2, 0.25) is 0 Å². The summed E-state index contributed by atoms with van der Waals surface area (Å²) in [6.45, 7) is 2.65. The molecule has 0 atom stereocenters. The van der Waals surface area contributed by atoms with Crippen molar-refractivity contribution in [3.63, 3.8) is 0 Å². The molecule has 4 bridgehead atoms. The van der Waals surface area contributed by atoms with E-state index in [9.17, 15) is 0 Å². The molecule has 18 heavy (non-hydrogen) atoms. The summed E-state index contributed by atoms with van der Waals surface area (Å²) in [5.74, 6) is 3.74. The third-order valence-electron chi connectivity index (χ3n) is 5.68. The number of rotatable bonds is 2. The fraction of sp³-hybridized carbons (Fsp3) is 0.857. The zero-order valence-corrected chi connectivity index (χ0v) is 11.0. The fourth-order valence-electron chi connectivity index (χ4n) is 5.14. The summed E-state index contributed by atoms with van der Waals surface area (Å²) in [5.41, 5.74) is 7.90. The van der Waals surface area contributed by atoms with Crippen molar-refractivity contribution in [2.24, 2.45) is 29.4 Å². The van der Waals surface area contributed by atoms with Gasteiger partial charge in [0.25, 0.3) is 0 Å². The Morgan fingerprint density at radius 3 is 2.22 bits per heavy atom. The number of hydrogen-bond donors (Lipinski definition) is 1. The van der Waals surface area contributed by atoms with Gasteiger partial charge in [-0.05, 0) is 62.7 Å². The lowest BCUT2D eigenvalue weighted by molar-refractivity contribution is -0.0350. The van der Waals surface area contributed by atoms with E-state index in [1.54, 1.807) is 0 Å². The Morgan fingerprint density at radius 2 is 1.72 bits per heavy atom. The molecule has 4 aliphatic carbocycles. The molecule has 1 aromatic heterocycles. The van der Waals surface area contributed by atoms with E-state index in [2.05, 4.69) is 21.9 Å². The summed E-state index contributed by atoms with van der Waals surface area (Å²) in [7, 11) is 0. The number of nitrogens with zero attached hydrogens (tertiary/aromatic N) is 3. The predicted molar refractivity (Wildman–Crippen MR) is 68.7 cm³/mol. The van der Waals surface area contributed by atoms with Crippen molar-refractivity contribution in [2.45, 2.75) is 51.6 Å². The minimum atomic E-state index is 0.513. The Balaban J connectivity index is 1.70. The SMILES string of the molecule is Cc1c(CN)nnn1C1C2CC3CC(C2)CC1C3. The minimum absolute atomic E-state index is 0.513. The van der Waals surface area contributed by atoms with Crippen LogP contribution in [0.2, 0.25) is 0 Å². The van der Waals surface area contributed by atoms with Gasteiger partial charge in [-0.3, -0.25) is 0 Å². The maximum absolute atomic E-state index is 5.72. The molecule has 0 unspecified atom stereocenters. The van der Waals surface area contributed by atoms with E-state index in [0.717, 1.165) is 29.4 Å². The van der Waals surface area contributed by atoms with Crippen LogP contribution in [0.1, 0.15) is 49.5 Å². The van der Waals surface area contributed by atoms with E-state index >= 15 is 0 Å². The summed E-state index contributed by atoms with van der Waals surface area (Å²) >= 11 is 0. The van der Waals surface area contributed by atoms with E-state index in [0.29, 0.717) is 12.6 Å². The van der Waals surface area contributed by atoms with Crippen LogP contribution >= 0.6 is 0 Å². The van der Waals surface area contributed by atoms with Gasteiger partial charge < -0.3 is 5.73 Å². The first-order valence-electron chi connectivity index (χ1n) is 7.37. The summed E-state index contributed by atoms with van der Waals surface area (Å²) in [6.07, 6.45) is 7.21. The number of nitrogens with two attached hydrogens (primary N) is 1. The molecule has 1 aromatic rings. The first-order chi connectivity index (χ1) is 8.76. The highest BCUT2D eigenvalue weighted by molar-refractivity contribution is 5.11. The second-order valence-electron chi connectivity index (χ2n) is 6.69. The molecule has 2 N–H and O–H groups in total. The Morgan fingerprint density at radius 1 is 1.11 bits per heavy atom. The lowest BCUT2D eigenvalue weighted by atomic mass is 9.54. The second-order valence-corrected chi connectivity index (χ2v) is 6.69. The normalized spacial score (nSPS) is 41.6. The van der Waals surface area contributed by atoms with Crippen molar-refractivity contribution in [3.8, 4) is 0 Å². The first kappa shape index (κ1) is 11.0. The Bertz CT molecular complexity index is 436. The van der Waals surface area contributed by atoms with Crippen molar-refractivity contribution in [1.29, 1.82) is 0 Å². The molecule has 4 heteroatoms. The molecule has 0 spiro atoms. The van der Waals surface area contributed by atoms with Gasteiger partial charge >= 0.3 is 0 Å². The average molecular weight is 246 g/mol. The van der Waals surface area contributed by atoms with Crippen LogP contribution in [0.25, 0.3) is 0 Å². The Kier molecular flexibility index (Phi) is 2.31. The second kappa shape index (κ2) is 3.80. The smallest absolute Gasteiger partial charge is 0.0991 e. The lowest BCUT2D eigenvalue weighted by Crippen LogP contribution is -2.46. The van der Waals surface area contributed by atoms with Crippen molar-refractivity contribution in [2.75, 3.05) is 0 Å². The monoisotopic (exact) mass is 246 g/mol. The van der Waals surface area contributed by atoms with E-state index in [4.69, 9.17) is 5.73 Å². The van der Waals surface area contributed by atoms with Crippen LogP contribution in [0.3, 0.4) is 0 Å². The van der Waals surface area contributed by atoms with Gasteiger partial charge in [-0.25, -0.2) is 4.68 Å². The van der Waals surface area contributed by atoms with Crippen LogP contribution in [0.5, 0.6) is 0 Å². The van der Waals surface area contributed by atoms with Gasteiger partial charge in [0.15, 0.2) is 0 Å². The van der Waals surface area contributed by atoms with Crippen molar-refractivity contribution in [1.82, 2.24) is 15.0 Å². The standard InChI is InChI=1S/C14H22N4/c1-8-13(7-15)16-17-18(8)14-11-3-9-2-10(5-11)6-12(14)4-9/h9-12,14H,2-7,15H2,1H3. The van der Waals surface area contributed by atoms with Crippen molar-refractivity contribution >= 4 is 0 Å². The van der Waals surface area contributed by atoms with Crippen molar-refractivity contribution < 1.29 is 0 Å². The largest absolute Gasteiger partial charge is 0.325 e. The molecule has 5 rings (SSSR count). The van der Waals surface area contributed by atoms with Gasteiger partial charge in [0.1, 0.15) is 0 Å². The quantitative estimate of drug-likeness (QED) is 0.868. The molecular weight excluding hydrogens is 224 g/mol. The highest BCUT2D eigenvalue weighted by Crippen LogP contribution is 2.58. The van der Waals surface area contributed by atoms with Crippen LogP contribution < -0.4 is 5.73 Å². The summed E-state index contributed by atoms with van der Waals surface area (Å²) in [4.78, 5) is 0. The molecule has 0 saturated heterocycles. The van der Waals surface area contributed by atoms with Gasteiger partial charge in [0.05, 0.1) is 17.4 Å². The number of hydrogen-bond acceptors (Lipinski definition) is 3. The van der Waals surface area contributed by atoms with Gasteiger partial charge in [-0.2, -0.15) is 0 Å². The van der Waals surface area contributed by atoms with Gasteiger partial charge in [-0.1, -0.05) is 5.21 Å². The third-order valence-corrected chi connectivity index (χ3v) is 5.68. The highest BCUT2D eigenvalue weighted by atomic mass is 15.4. The van der Waals surface area contributed by atoms with E-state index < -0.39 is 0 Å². The van der Waals surface area contributed by atoms with E-state index in [1.807, 2.05) is 0 Å². The molecule has 4 nitrogen and oxygen atoms in total. The predicted octanol–water partition coefficient (Wildman–Crippen LogP) is 2.04. The molecule has 98 valence electrons. The van der Waals surface area contributed by atoms with E-state index in [1.165, 1.54) is 37.8 Å². The fourth-order valence-corrected chi connectivity index (χ4v) is 5.14. The van der Waals surface area contributed by atoms with Crippen LogP contribution in [0.15, 0.2) is 0 Å². The topological polar surface area (TPSA) is 56.7 Å². The summed E-state index contributed by atoms with van der Waals surface area (Å²) in [5, 5.41) is 8.67. The minimum Gasteiger partial charge on any atom is -0.325 e. The van der Waals surface area contributed by atoms with Gasteiger partial charge in [0, 0.05) is 6.54 Å². The molecule has 0 aliphatic heterocycles. The lowest BCUT2D eigenvalue weighted by Gasteiger charge is -2.54. The first-order valence-corrected chi connectivity index (χ1v) is 7.37. The molecule has 4 fully saturated rings. The maximum Gasteiger partial charge on any atom is 0.0991 e. The maximum atomic E-state index is 5.72. The zero-order valence-electron chi connectivity index (χ0n) is 11.0. The highest BCUT2D eigenvalue weighted by Gasteiger charge is 2.49. The van der Waals surface area contributed by atoms with Crippen LogP contribution in [-0.4, -0.2) is 15.0 Å². The molecule has 4 aliphatic rings. The Labute approximate surface area is 108 Å². The Hall–Kier alpha value is -0.900. The van der Waals surface area contributed by atoms with Crippen LogP contribution in [0, 0.1) is 30.6 Å². The van der Waals surface area contributed by atoms with Gasteiger partial charge in [-0.15, -0.1) is 5.10 Å². The molecule has 0 aromatic carbocycles. The zero-order chi connectivity index (χ0) is 12.3. The molecule has 1 heterocycles.